The van der Waals surface area contributed by atoms with E-state index < -0.39 is 0 Å². The molecule has 1 aromatic carbocycles. The summed E-state index contributed by atoms with van der Waals surface area (Å²) in [6.07, 6.45) is 1.19. The molecule has 1 aliphatic rings. The van der Waals surface area contributed by atoms with Crippen LogP contribution in [0.4, 0.5) is 0 Å². The van der Waals surface area contributed by atoms with Gasteiger partial charge in [-0.1, -0.05) is 18.2 Å². The number of nitrogens with two attached hydrogens (primary N) is 1. The molecule has 0 radical (unpaired) electrons. The molecule has 1 aliphatic carbocycles. The van der Waals surface area contributed by atoms with Crippen LogP contribution in [0.3, 0.4) is 0 Å². The molecular formula is C10H13N. The van der Waals surface area contributed by atoms with Crippen molar-refractivity contribution in [3.05, 3.63) is 34.9 Å². The molecule has 11 heavy (non-hydrogen) atoms. The monoisotopic (exact) mass is 147 g/mol. The van der Waals surface area contributed by atoms with Crippen LogP contribution in [-0.4, -0.2) is 6.54 Å². The van der Waals surface area contributed by atoms with E-state index in [9.17, 15) is 0 Å². The fourth-order valence-electron chi connectivity index (χ4n) is 1.82. The number of hydrogen-bond donors (Lipinski definition) is 1. The summed E-state index contributed by atoms with van der Waals surface area (Å²) in [6, 6.07) is 6.49. The van der Waals surface area contributed by atoms with Crippen LogP contribution in [-0.2, 0) is 6.42 Å². The molecule has 1 nitrogen and oxygen atoms in total. The maximum absolute atomic E-state index is 5.60. The van der Waals surface area contributed by atoms with E-state index in [1.165, 1.54) is 23.1 Å². The first-order valence-electron chi connectivity index (χ1n) is 4.11. The zero-order chi connectivity index (χ0) is 7.84. The number of fused-ring (bicyclic) bond motifs is 1. The van der Waals surface area contributed by atoms with E-state index in [-0.39, 0.29) is 0 Å². The van der Waals surface area contributed by atoms with Crippen LogP contribution in [0.5, 0.6) is 0 Å². The molecule has 1 unspecified atom stereocenters. The van der Waals surface area contributed by atoms with Gasteiger partial charge in [-0.15, -0.1) is 0 Å². The van der Waals surface area contributed by atoms with E-state index in [0.29, 0.717) is 5.92 Å². The minimum atomic E-state index is 0.643. The van der Waals surface area contributed by atoms with Gasteiger partial charge in [0.2, 0.25) is 0 Å². The Morgan fingerprint density at radius 2 is 2.36 bits per heavy atom. The lowest BCUT2D eigenvalue weighted by Crippen LogP contribution is -2.25. The third-order valence-corrected chi connectivity index (χ3v) is 2.62. The van der Waals surface area contributed by atoms with Crippen molar-refractivity contribution in [3.8, 4) is 0 Å². The van der Waals surface area contributed by atoms with E-state index in [4.69, 9.17) is 5.73 Å². The lowest BCUT2D eigenvalue weighted by molar-refractivity contribution is 0.614. The highest BCUT2D eigenvalue weighted by Crippen LogP contribution is 2.35. The molecule has 0 heterocycles. The zero-order valence-electron chi connectivity index (χ0n) is 6.80. The number of rotatable bonds is 1. The largest absolute Gasteiger partial charge is 0.330 e. The standard InChI is InChI=1S/C10H13N/c1-7-3-2-4-9-8(6-11)5-10(7)9/h2-4,8H,5-6,11H2,1H3. The van der Waals surface area contributed by atoms with Crippen LogP contribution < -0.4 is 5.73 Å². The maximum atomic E-state index is 5.60. The van der Waals surface area contributed by atoms with Crippen LogP contribution >= 0.6 is 0 Å². The van der Waals surface area contributed by atoms with E-state index in [1.54, 1.807) is 0 Å². The molecule has 2 N–H and O–H groups in total. The van der Waals surface area contributed by atoms with Crippen molar-refractivity contribution in [1.82, 2.24) is 0 Å². The fourth-order valence-corrected chi connectivity index (χ4v) is 1.82. The minimum absolute atomic E-state index is 0.643. The summed E-state index contributed by atoms with van der Waals surface area (Å²) >= 11 is 0. The molecule has 58 valence electrons. The average molecular weight is 147 g/mol. The quantitative estimate of drug-likeness (QED) is 0.641. The van der Waals surface area contributed by atoms with Gasteiger partial charge in [0, 0.05) is 5.92 Å². The topological polar surface area (TPSA) is 26.0 Å². The number of hydrogen-bond acceptors (Lipinski definition) is 1. The van der Waals surface area contributed by atoms with Crippen molar-refractivity contribution < 1.29 is 0 Å². The van der Waals surface area contributed by atoms with E-state index in [2.05, 4.69) is 25.1 Å². The summed E-state index contributed by atoms with van der Waals surface area (Å²) in [5, 5.41) is 0. The molecule has 0 fully saturated rings. The normalized spacial score (nSPS) is 20.7. The molecule has 0 amide bonds. The average Bonchev–Trinajstić information content (AvgIpc) is 1.95. The molecule has 1 heteroatoms. The van der Waals surface area contributed by atoms with Gasteiger partial charge in [0.1, 0.15) is 0 Å². The summed E-state index contributed by atoms with van der Waals surface area (Å²) in [6.45, 7) is 2.97. The van der Waals surface area contributed by atoms with Crippen LogP contribution in [0.1, 0.15) is 22.6 Å². The van der Waals surface area contributed by atoms with Crippen molar-refractivity contribution in [1.29, 1.82) is 0 Å². The molecule has 0 spiro atoms. The molecule has 0 aromatic heterocycles. The van der Waals surface area contributed by atoms with E-state index in [1.807, 2.05) is 0 Å². The van der Waals surface area contributed by atoms with E-state index >= 15 is 0 Å². The number of benzene rings is 1. The van der Waals surface area contributed by atoms with Crippen molar-refractivity contribution in [2.45, 2.75) is 19.3 Å². The van der Waals surface area contributed by atoms with Gasteiger partial charge in [-0.25, -0.2) is 0 Å². The molecule has 1 atom stereocenters. The van der Waals surface area contributed by atoms with E-state index in [0.717, 1.165) is 6.54 Å². The Hall–Kier alpha value is -0.820. The Labute approximate surface area is 67.2 Å². The van der Waals surface area contributed by atoms with Crippen molar-refractivity contribution in [2.24, 2.45) is 5.73 Å². The molecule has 0 bridgehead atoms. The predicted molar refractivity (Wildman–Crippen MR) is 46.7 cm³/mol. The molecule has 2 rings (SSSR count). The Bertz CT molecular complexity index is 278. The Kier molecular flexibility index (Phi) is 1.46. The van der Waals surface area contributed by atoms with Gasteiger partial charge in [-0.05, 0) is 36.6 Å². The van der Waals surface area contributed by atoms with Gasteiger partial charge in [-0.2, -0.15) is 0 Å². The van der Waals surface area contributed by atoms with Crippen LogP contribution in [0.25, 0.3) is 0 Å². The Balaban J connectivity index is 2.41. The third kappa shape index (κ3) is 0.881. The second-order valence-electron chi connectivity index (χ2n) is 3.28. The van der Waals surface area contributed by atoms with Gasteiger partial charge >= 0.3 is 0 Å². The first kappa shape index (κ1) is 6.86. The minimum Gasteiger partial charge on any atom is -0.330 e. The van der Waals surface area contributed by atoms with Gasteiger partial charge < -0.3 is 5.73 Å². The van der Waals surface area contributed by atoms with Crippen molar-refractivity contribution in [2.75, 3.05) is 6.54 Å². The highest BCUT2D eigenvalue weighted by Gasteiger charge is 2.25. The molecule has 0 aliphatic heterocycles. The predicted octanol–water partition coefficient (Wildman–Crippen LogP) is 1.59. The lowest BCUT2D eigenvalue weighted by atomic mass is 9.75. The van der Waals surface area contributed by atoms with Gasteiger partial charge in [0.25, 0.3) is 0 Å². The van der Waals surface area contributed by atoms with Crippen molar-refractivity contribution in [3.63, 3.8) is 0 Å². The molecule has 0 saturated carbocycles. The summed E-state index contributed by atoms with van der Waals surface area (Å²) in [5.41, 5.74) is 10.0. The zero-order valence-corrected chi connectivity index (χ0v) is 6.80. The van der Waals surface area contributed by atoms with Crippen molar-refractivity contribution >= 4 is 0 Å². The number of aryl methyl sites for hydroxylation is 1. The summed E-state index contributed by atoms with van der Waals surface area (Å²) < 4.78 is 0. The van der Waals surface area contributed by atoms with Gasteiger partial charge in [-0.3, -0.25) is 0 Å². The second-order valence-corrected chi connectivity index (χ2v) is 3.28. The highest BCUT2D eigenvalue weighted by molar-refractivity contribution is 5.45. The third-order valence-electron chi connectivity index (χ3n) is 2.62. The lowest BCUT2D eigenvalue weighted by Gasteiger charge is -2.30. The first-order chi connectivity index (χ1) is 5.33. The molecular weight excluding hydrogens is 134 g/mol. The Morgan fingerprint density at radius 1 is 1.55 bits per heavy atom. The van der Waals surface area contributed by atoms with Crippen LogP contribution in [0.2, 0.25) is 0 Å². The second kappa shape index (κ2) is 2.35. The SMILES string of the molecule is Cc1cccc2c1CC2CN. The summed E-state index contributed by atoms with van der Waals surface area (Å²) in [4.78, 5) is 0. The highest BCUT2D eigenvalue weighted by atomic mass is 14.6. The first-order valence-corrected chi connectivity index (χ1v) is 4.11. The van der Waals surface area contributed by atoms with Gasteiger partial charge in [0.05, 0.1) is 0 Å². The molecule has 1 aromatic rings. The van der Waals surface area contributed by atoms with Gasteiger partial charge in [0.15, 0.2) is 0 Å². The summed E-state index contributed by atoms with van der Waals surface area (Å²) in [5.74, 6) is 0.643. The van der Waals surface area contributed by atoms with Crippen LogP contribution in [0, 0.1) is 6.92 Å². The Morgan fingerprint density at radius 3 is 3.09 bits per heavy atom. The fraction of sp³-hybridized carbons (Fsp3) is 0.400. The summed E-state index contributed by atoms with van der Waals surface area (Å²) in [7, 11) is 0. The molecule has 0 saturated heterocycles. The van der Waals surface area contributed by atoms with Crippen LogP contribution in [0.15, 0.2) is 18.2 Å². The maximum Gasteiger partial charge on any atom is 0.000460 e. The smallest absolute Gasteiger partial charge is 0.000460 e.